The van der Waals surface area contributed by atoms with Gasteiger partial charge in [0.2, 0.25) is 0 Å². The van der Waals surface area contributed by atoms with E-state index >= 15 is 0 Å². The molecule has 0 amide bonds. The number of rotatable bonds is 2. The molecule has 5 heteroatoms. The molecule has 2 rings (SSSR count). The molecular weight excluding hydrogens is 218 g/mol. The first-order valence-electron chi connectivity index (χ1n) is 5.43. The van der Waals surface area contributed by atoms with Crippen molar-refractivity contribution in [1.29, 1.82) is 0 Å². The van der Waals surface area contributed by atoms with Crippen molar-refractivity contribution in [2.24, 2.45) is 7.05 Å². The number of pyridine rings is 1. The molecule has 2 aromatic rings. The molecule has 2 aromatic heterocycles. The number of nitrogens with zero attached hydrogens (tertiary/aromatic N) is 3. The fraction of sp³-hybridized carbons (Fsp3) is 0.417. The molecular formula is C12H15N3O2. The van der Waals surface area contributed by atoms with Gasteiger partial charge in [-0.3, -0.25) is 9.48 Å². The van der Waals surface area contributed by atoms with Gasteiger partial charge in [-0.15, -0.1) is 0 Å². The maximum absolute atomic E-state index is 10.9. The molecule has 0 fully saturated rings. The summed E-state index contributed by atoms with van der Waals surface area (Å²) < 4.78 is 1.73. The normalized spacial score (nSPS) is 11.1. The molecule has 0 aliphatic rings. The lowest BCUT2D eigenvalue weighted by atomic mass is 10.0. The summed E-state index contributed by atoms with van der Waals surface area (Å²) in [4.78, 5) is 15.3. The second-order valence-electron chi connectivity index (χ2n) is 4.28. The van der Waals surface area contributed by atoms with Crippen LogP contribution in [0.3, 0.4) is 0 Å². The minimum Gasteiger partial charge on any atom is -0.481 e. The molecule has 0 aliphatic carbocycles. The Bertz CT molecular complexity index is 614. The van der Waals surface area contributed by atoms with Crippen molar-refractivity contribution >= 4 is 17.0 Å². The largest absolute Gasteiger partial charge is 0.481 e. The summed E-state index contributed by atoms with van der Waals surface area (Å²) in [6.45, 7) is 5.69. The van der Waals surface area contributed by atoms with Crippen LogP contribution in [-0.2, 0) is 18.3 Å². The smallest absolute Gasteiger partial charge is 0.307 e. The Morgan fingerprint density at radius 3 is 2.53 bits per heavy atom. The summed E-state index contributed by atoms with van der Waals surface area (Å²) in [5, 5.41) is 14.2. The van der Waals surface area contributed by atoms with Crippen molar-refractivity contribution in [2.45, 2.75) is 27.2 Å². The van der Waals surface area contributed by atoms with E-state index in [-0.39, 0.29) is 6.42 Å². The second kappa shape index (κ2) is 3.84. The van der Waals surface area contributed by atoms with Crippen molar-refractivity contribution < 1.29 is 9.90 Å². The average Bonchev–Trinajstić information content (AvgIpc) is 2.48. The lowest BCUT2D eigenvalue weighted by molar-refractivity contribution is -0.136. The lowest BCUT2D eigenvalue weighted by Crippen LogP contribution is -2.06. The van der Waals surface area contributed by atoms with Crippen molar-refractivity contribution in [3.05, 3.63) is 22.5 Å². The average molecular weight is 233 g/mol. The third-order valence-corrected chi connectivity index (χ3v) is 3.06. The first-order chi connectivity index (χ1) is 7.91. The van der Waals surface area contributed by atoms with E-state index in [4.69, 9.17) is 5.11 Å². The Morgan fingerprint density at radius 2 is 1.94 bits per heavy atom. The van der Waals surface area contributed by atoms with E-state index in [1.54, 1.807) is 4.68 Å². The van der Waals surface area contributed by atoms with Gasteiger partial charge in [-0.1, -0.05) is 0 Å². The third kappa shape index (κ3) is 1.77. The van der Waals surface area contributed by atoms with Crippen LogP contribution in [0, 0.1) is 20.8 Å². The Hall–Kier alpha value is -1.91. The molecule has 0 unspecified atom stereocenters. The first kappa shape index (κ1) is 11.6. The molecule has 90 valence electrons. The van der Waals surface area contributed by atoms with Crippen LogP contribution in [0.25, 0.3) is 11.0 Å². The zero-order chi connectivity index (χ0) is 12.7. The Balaban J connectivity index is 2.79. The monoisotopic (exact) mass is 233 g/mol. The second-order valence-corrected chi connectivity index (χ2v) is 4.28. The van der Waals surface area contributed by atoms with Gasteiger partial charge in [-0.05, 0) is 31.9 Å². The van der Waals surface area contributed by atoms with Crippen LogP contribution in [0.5, 0.6) is 0 Å². The Kier molecular flexibility index (Phi) is 2.61. The molecule has 0 bridgehead atoms. The molecule has 0 saturated carbocycles. The van der Waals surface area contributed by atoms with Crippen molar-refractivity contribution in [1.82, 2.24) is 14.8 Å². The fourth-order valence-electron chi connectivity index (χ4n) is 2.27. The van der Waals surface area contributed by atoms with E-state index in [0.29, 0.717) is 0 Å². The van der Waals surface area contributed by atoms with Crippen LogP contribution in [0.1, 0.15) is 22.5 Å². The van der Waals surface area contributed by atoms with Crippen LogP contribution < -0.4 is 0 Å². The van der Waals surface area contributed by atoms with Crippen LogP contribution in [0.15, 0.2) is 0 Å². The Labute approximate surface area is 99.1 Å². The summed E-state index contributed by atoms with van der Waals surface area (Å²) >= 11 is 0. The van der Waals surface area contributed by atoms with E-state index in [1.807, 2.05) is 27.8 Å². The van der Waals surface area contributed by atoms with E-state index in [9.17, 15) is 4.79 Å². The highest BCUT2D eigenvalue weighted by atomic mass is 16.4. The number of carboxylic acid groups (broad SMARTS) is 1. The number of fused-ring (bicyclic) bond motifs is 1. The molecule has 1 N–H and O–H groups in total. The van der Waals surface area contributed by atoms with Gasteiger partial charge in [0.15, 0.2) is 5.65 Å². The van der Waals surface area contributed by atoms with E-state index in [2.05, 4.69) is 10.1 Å². The van der Waals surface area contributed by atoms with Crippen molar-refractivity contribution in [3.8, 4) is 0 Å². The summed E-state index contributed by atoms with van der Waals surface area (Å²) in [6.07, 6.45) is 0.00887. The minimum absolute atomic E-state index is 0.00887. The lowest BCUT2D eigenvalue weighted by Gasteiger charge is -2.08. The maximum atomic E-state index is 10.9. The summed E-state index contributed by atoms with van der Waals surface area (Å²) in [7, 11) is 1.85. The predicted octanol–water partition coefficient (Wildman–Crippen LogP) is 1.52. The molecule has 0 saturated heterocycles. The summed E-state index contributed by atoms with van der Waals surface area (Å²) in [5.41, 5.74) is 4.23. The van der Waals surface area contributed by atoms with Crippen LogP contribution in [0.2, 0.25) is 0 Å². The van der Waals surface area contributed by atoms with Crippen LogP contribution >= 0.6 is 0 Å². The number of hydrogen-bond donors (Lipinski definition) is 1. The molecule has 0 aliphatic heterocycles. The number of aromatic nitrogens is 3. The molecule has 0 spiro atoms. The topological polar surface area (TPSA) is 68.0 Å². The standard InChI is InChI=1S/C12H15N3O2/c1-6-9(5-10(16)17)7(2)13-12-11(6)8(3)14-15(12)4/h5H2,1-4H3,(H,16,17). The number of aliphatic carboxylic acids is 1. The van der Waals surface area contributed by atoms with Gasteiger partial charge in [0, 0.05) is 18.1 Å². The molecule has 0 atom stereocenters. The molecule has 2 heterocycles. The van der Waals surface area contributed by atoms with Gasteiger partial charge in [-0.2, -0.15) is 5.10 Å². The van der Waals surface area contributed by atoms with Crippen LogP contribution in [-0.4, -0.2) is 25.8 Å². The van der Waals surface area contributed by atoms with Gasteiger partial charge in [0.25, 0.3) is 0 Å². The third-order valence-electron chi connectivity index (χ3n) is 3.06. The number of aryl methyl sites for hydroxylation is 4. The SMILES string of the molecule is Cc1nc2c(c(C)nn2C)c(C)c1CC(=O)O. The zero-order valence-corrected chi connectivity index (χ0v) is 10.4. The van der Waals surface area contributed by atoms with Gasteiger partial charge >= 0.3 is 5.97 Å². The van der Waals surface area contributed by atoms with E-state index in [0.717, 1.165) is 33.5 Å². The number of carbonyl (C=O) groups is 1. The maximum Gasteiger partial charge on any atom is 0.307 e. The van der Waals surface area contributed by atoms with Crippen LogP contribution in [0.4, 0.5) is 0 Å². The fourth-order valence-corrected chi connectivity index (χ4v) is 2.27. The van der Waals surface area contributed by atoms with E-state index < -0.39 is 5.97 Å². The van der Waals surface area contributed by atoms with Gasteiger partial charge < -0.3 is 5.11 Å². The minimum atomic E-state index is -0.834. The quantitative estimate of drug-likeness (QED) is 0.854. The van der Waals surface area contributed by atoms with Gasteiger partial charge in [0.1, 0.15) is 0 Å². The van der Waals surface area contributed by atoms with Crippen molar-refractivity contribution in [3.63, 3.8) is 0 Å². The van der Waals surface area contributed by atoms with Gasteiger partial charge in [0.05, 0.1) is 12.1 Å². The first-order valence-corrected chi connectivity index (χ1v) is 5.43. The molecule has 0 radical (unpaired) electrons. The van der Waals surface area contributed by atoms with Gasteiger partial charge in [-0.25, -0.2) is 4.98 Å². The zero-order valence-electron chi connectivity index (χ0n) is 10.4. The van der Waals surface area contributed by atoms with Crippen molar-refractivity contribution in [2.75, 3.05) is 0 Å². The number of carboxylic acids is 1. The molecule has 0 aromatic carbocycles. The number of hydrogen-bond acceptors (Lipinski definition) is 3. The van der Waals surface area contributed by atoms with E-state index in [1.165, 1.54) is 0 Å². The predicted molar refractivity (Wildman–Crippen MR) is 64.1 cm³/mol. The highest BCUT2D eigenvalue weighted by Crippen LogP contribution is 2.25. The summed E-state index contributed by atoms with van der Waals surface area (Å²) in [6, 6.07) is 0. The molecule has 17 heavy (non-hydrogen) atoms. The highest BCUT2D eigenvalue weighted by molar-refractivity contribution is 5.85. The molecule has 5 nitrogen and oxygen atoms in total. The Morgan fingerprint density at radius 1 is 1.29 bits per heavy atom. The highest BCUT2D eigenvalue weighted by Gasteiger charge is 2.16. The summed E-state index contributed by atoms with van der Waals surface area (Å²) in [5.74, 6) is -0.834.